The summed E-state index contributed by atoms with van der Waals surface area (Å²) in [5.41, 5.74) is 1.63. The number of methoxy groups -OCH3 is 1. The molecule has 0 aliphatic heterocycles. The van der Waals surface area contributed by atoms with E-state index in [9.17, 15) is 4.39 Å². The van der Waals surface area contributed by atoms with Crippen molar-refractivity contribution in [1.82, 2.24) is 14.5 Å². The Morgan fingerprint density at radius 3 is 3.00 bits per heavy atom. The smallest absolute Gasteiger partial charge is 0.167 e. The van der Waals surface area contributed by atoms with Gasteiger partial charge in [0, 0.05) is 7.11 Å². The minimum absolute atomic E-state index is 0.271. The largest absolute Gasteiger partial charge is 0.364 e. The Morgan fingerprint density at radius 2 is 2.31 bits per heavy atom. The molecule has 4 nitrogen and oxygen atoms in total. The molecule has 16 heavy (non-hydrogen) atoms. The molecule has 0 aliphatic rings. The molecule has 2 rings (SSSR count). The third kappa shape index (κ3) is 1.69. The molecule has 0 aromatic carbocycles. The SMILES string of the molecule is C/C=C\c1ncc(F)c2c1ncn2COC. The summed E-state index contributed by atoms with van der Waals surface area (Å²) < 4.78 is 20.2. The molecule has 0 fully saturated rings. The molecule has 0 amide bonds. The van der Waals surface area contributed by atoms with Crippen LogP contribution in [0.3, 0.4) is 0 Å². The Balaban J connectivity index is 2.67. The zero-order valence-corrected chi connectivity index (χ0v) is 9.14. The molecule has 0 N–H and O–H groups in total. The van der Waals surface area contributed by atoms with Gasteiger partial charge in [-0.1, -0.05) is 6.08 Å². The van der Waals surface area contributed by atoms with E-state index in [1.807, 2.05) is 13.0 Å². The lowest BCUT2D eigenvalue weighted by molar-refractivity contribution is 0.134. The summed E-state index contributed by atoms with van der Waals surface area (Å²) in [5.74, 6) is -0.391. The van der Waals surface area contributed by atoms with Gasteiger partial charge in [-0.25, -0.2) is 9.37 Å². The fourth-order valence-electron chi connectivity index (χ4n) is 1.59. The third-order valence-electron chi connectivity index (χ3n) is 2.22. The molecule has 0 bridgehead atoms. The average Bonchev–Trinajstić information content (AvgIpc) is 2.68. The summed E-state index contributed by atoms with van der Waals surface area (Å²) in [6, 6.07) is 0. The number of fused-ring (bicyclic) bond motifs is 1. The lowest BCUT2D eigenvalue weighted by Gasteiger charge is -2.03. The molecule has 2 aromatic rings. The predicted octanol–water partition coefficient (Wildman–Crippen LogP) is 2.21. The van der Waals surface area contributed by atoms with Gasteiger partial charge in [-0.3, -0.25) is 4.98 Å². The van der Waals surface area contributed by atoms with Crippen LogP contribution in [-0.4, -0.2) is 21.6 Å². The fraction of sp³-hybridized carbons (Fsp3) is 0.273. The highest BCUT2D eigenvalue weighted by Crippen LogP contribution is 2.19. The topological polar surface area (TPSA) is 39.9 Å². The fourth-order valence-corrected chi connectivity index (χ4v) is 1.59. The highest BCUT2D eigenvalue weighted by molar-refractivity contribution is 5.83. The third-order valence-corrected chi connectivity index (χ3v) is 2.22. The van der Waals surface area contributed by atoms with Crippen molar-refractivity contribution in [2.75, 3.05) is 7.11 Å². The van der Waals surface area contributed by atoms with E-state index < -0.39 is 5.82 Å². The molecule has 84 valence electrons. The molecular formula is C11H12FN3O. The molecule has 0 saturated heterocycles. The van der Waals surface area contributed by atoms with E-state index in [1.54, 1.807) is 24.1 Å². The van der Waals surface area contributed by atoms with E-state index in [4.69, 9.17) is 4.74 Å². The average molecular weight is 221 g/mol. The van der Waals surface area contributed by atoms with Crippen molar-refractivity contribution in [3.8, 4) is 0 Å². The normalized spacial score (nSPS) is 11.7. The number of rotatable bonds is 3. The van der Waals surface area contributed by atoms with Crippen molar-refractivity contribution in [2.45, 2.75) is 13.7 Å². The number of aromatic nitrogens is 3. The highest BCUT2D eigenvalue weighted by atomic mass is 19.1. The Hall–Kier alpha value is -1.75. The van der Waals surface area contributed by atoms with Gasteiger partial charge in [0.1, 0.15) is 17.8 Å². The van der Waals surface area contributed by atoms with Crippen LogP contribution in [0.25, 0.3) is 17.1 Å². The second-order valence-corrected chi connectivity index (χ2v) is 3.32. The molecule has 0 spiro atoms. The van der Waals surface area contributed by atoms with Gasteiger partial charge >= 0.3 is 0 Å². The van der Waals surface area contributed by atoms with Gasteiger partial charge < -0.3 is 9.30 Å². The minimum atomic E-state index is -0.391. The Kier molecular flexibility index (Phi) is 2.96. The van der Waals surface area contributed by atoms with Crippen LogP contribution in [0.1, 0.15) is 12.6 Å². The number of ether oxygens (including phenoxy) is 1. The summed E-state index contributed by atoms with van der Waals surface area (Å²) in [6.45, 7) is 2.15. The van der Waals surface area contributed by atoms with Gasteiger partial charge in [-0.15, -0.1) is 0 Å². The zero-order chi connectivity index (χ0) is 11.5. The first kappa shape index (κ1) is 10.8. The molecule has 0 atom stereocenters. The number of nitrogens with zero attached hydrogens (tertiary/aromatic N) is 3. The summed E-state index contributed by atoms with van der Waals surface area (Å²) >= 11 is 0. The van der Waals surface area contributed by atoms with Crippen molar-refractivity contribution in [3.63, 3.8) is 0 Å². The zero-order valence-electron chi connectivity index (χ0n) is 9.14. The lowest BCUT2D eigenvalue weighted by Crippen LogP contribution is -2.00. The molecule has 5 heteroatoms. The molecular weight excluding hydrogens is 209 g/mol. The van der Waals surface area contributed by atoms with Crippen molar-refractivity contribution in [3.05, 3.63) is 30.1 Å². The van der Waals surface area contributed by atoms with Gasteiger partial charge in [-0.2, -0.15) is 0 Å². The lowest BCUT2D eigenvalue weighted by atomic mass is 10.2. The van der Waals surface area contributed by atoms with Crippen molar-refractivity contribution in [1.29, 1.82) is 0 Å². The highest BCUT2D eigenvalue weighted by Gasteiger charge is 2.11. The van der Waals surface area contributed by atoms with Gasteiger partial charge in [0.15, 0.2) is 5.82 Å². The number of halogens is 1. The number of hydrogen-bond donors (Lipinski definition) is 0. The Bertz CT molecular complexity index is 533. The standard InChI is InChI=1S/C11H12FN3O/c1-3-4-9-10-11(8(12)5-13-9)15(6-14-10)7-16-2/h3-6H,7H2,1-2H3/b4-3-. The monoisotopic (exact) mass is 221 g/mol. The predicted molar refractivity (Wildman–Crippen MR) is 59.2 cm³/mol. The Labute approximate surface area is 92.4 Å². The van der Waals surface area contributed by atoms with Crippen LogP contribution in [-0.2, 0) is 11.5 Å². The van der Waals surface area contributed by atoms with E-state index >= 15 is 0 Å². The molecule has 2 heterocycles. The van der Waals surface area contributed by atoms with Crippen LogP contribution in [0.4, 0.5) is 4.39 Å². The van der Waals surface area contributed by atoms with Crippen molar-refractivity contribution >= 4 is 17.1 Å². The first-order chi connectivity index (χ1) is 7.77. The van der Waals surface area contributed by atoms with Crippen molar-refractivity contribution < 1.29 is 9.13 Å². The number of pyridine rings is 1. The quantitative estimate of drug-likeness (QED) is 0.797. The summed E-state index contributed by atoms with van der Waals surface area (Å²) in [5, 5.41) is 0. The van der Waals surface area contributed by atoms with Gasteiger partial charge in [0.2, 0.25) is 0 Å². The van der Waals surface area contributed by atoms with Gasteiger partial charge in [0.25, 0.3) is 0 Å². The second kappa shape index (κ2) is 4.40. The van der Waals surface area contributed by atoms with E-state index in [0.29, 0.717) is 16.7 Å². The summed E-state index contributed by atoms with van der Waals surface area (Å²) in [4.78, 5) is 8.14. The molecule has 2 aromatic heterocycles. The van der Waals surface area contributed by atoms with Crippen molar-refractivity contribution in [2.24, 2.45) is 0 Å². The van der Waals surface area contributed by atoms with Crippen LogP contribution < -0.4 is 0 Å². The summed E-state index contributed by atoms with van der Waals surface area (Å²) in [7, 11) is 1.55. The first-order valence-electron chi connectivity index (χ1n) is 4.89. The van der Waals surface area contributed by atoms with Crippen LogP contribution in [0, 0.1) is 5.82 Å². The van der Waals surface area contributed by atoms with Crippen LogP contribution in [0.2, 0.25) is 0 Å². The molecule has 0 unspecified atom stereocenters. The number of imidazole rings is 1. The van der Waals surface area contributed by atoms with E-state index in [2.05, 4.69) is 9.97 Å². The number of hydrogen-bond acceptors (Lipinski definition) is 3. The maximum atomic E-state index is 13.6. The van der Waals surface area contributed by atoms with Crippen LogP contribution in [0.5, 0.6) is 0 Å². The van der Waals surface area contributed by atoms with Gasteiger partial charge in [-0.05, 0) is 13.0 Å². The summed E-state index contributed by atoms with van der Waals surface area (Å²) in [6.07, 6.45) is 6.39. The Morgan fingerprint density at radius 1 is 1.50 bits per heavy atom. The minimum Gasteiger partial charge on any atom is -0.364 e. The molecule has 0 radical (unpaired) electrons. The maximum absolute atomic E-state index is 13.6. The maximum Gasteiger partial charge on any atom is 0.167 e. The van der Waals surface area contributed by atoms with E-state index in [-0.39, 0.29) is 6.73 Å². The van der Waals surface area contributed by atoms with E-state index in [1.165, 1.54) is 6.20 Å². The van der Waals surface area contributed by atoms with Crippen LogP contribution >= 0.6 is 0 Å². The second-order valence-electron chi connectivity index (χ2n) is 3.32. The van der Waals surface area contributed by atoms with Gasteiger partial charge in [0.05, 0.1) is 18.2 Å². The number of allylic oxidation sites excluding steroid dienone is 1. The molecule has 0 aliphatic carbocycles. The molecule has 0 saturated carbocycles. The van der Waals surface area contributed by atoms with E-state index in [0.717, 1.165) is 0 Å². The first-order valence-corrected chi connectivity index (χ1v) is 4.89. The van der Waals surface area contributed by atoms with Crippen LogP contribution in [0.15, 0.2) is 18.6 Å².